The molecule has 0 fully saturated rings. The normalized spacial score (nSPS) is 11.5. The predicted octanol–water partition coefficient (Wildman–Crippen LogP) is -7.05. The van der Waals surface area contributed by atoms with Gasteiger partial charge in [-0.15, -0.1) is 0 Å². The molecule has 0 amide bonds. The van der Waals surface area contributed by atoms with E-state index in [0.717, 1.165) is 44.6 Å². The zero-order valence-corrected chi connectivity index (χ0v) is 26.6. The van der Waals surface area contributed by atoms with Crippen molar-refractivity contribution in [1.82, 2.24) is 0 Å². The molecule has 0 unspecified atom stereocenters. The predicted molar refractivity (Wildman–Crippen MR) is 112 cm³/mol. The number of hydrogen-bond donors (Lipinski definition) is 0. The minimum Gasteiger partial charge on any atom is -1.00 e. The highest BCUT2D eigenvalue weighted by Gasteiger charge is 2.17. The number of benzene rings is 1. The first kappa shape index (κ1) is 35.3. The standard InChI is InChI=1S/C21H42N3O3.3HI/c1-22(2,3)13-16-25-19-11-10-12-20(26-17-14-23(4,5)6)21(19)27-18-15-24(7,8)9;;;/h10-12H,13-18H2,1-9H3;3*1H/q+3;;;/p-3. The van der Waals surface area contributed by atoms with Crippen LogP contribution in [0.5, 0.6) is 17.2 Å². The fraction of sp³-hybridized carbons (Fsp3) is 0.714. The summed E-state index contributed by atoms with van der Waals surface area (Å²) in [5.74, 6) is 2.23. The molecule has 0 atom stereocenters. The van der Waals surface area contributed by atoms with Gasteiger partial charge in [0.15, 0.2) is 11.5 Å². The quantitative estimate of drug-likeness (QED) is 0.157. The summed E-state index contributed by atoms with van der Waals surface area (Å²) < 4.78 is 20.8. The van der Waals surface area contributed by atoms with Crippen LogP contribution >= 0.6 is 0 Å². The van der Waals surface area contributed by atoms with Gasteiger partial charge in [-0.05, 0) is 12.1 Å². The van der Waals surface area contributed by atoms with Gasteiger partial charge >= 0.3 is 0 Å². The van der Waals surface area contributed by atoms with Gasteiger partial charge in [0.2, 0.25) is 5.75 Å². The summed E-state index contributed by atoms with van der Waals surface area (Å²) >= 11 is 0. The minimum absolute atomic E-state index is 0. The number of likely N-dealkylation sites (N-methyl/N-ethyl adjacent to an activating group) is 3. The first-order valence-corrected chi connectivity index (χ1v) is 9.70. The number of nitrogens with zero attached hydrogens (tertiary/aromatic N) is 3. The highest BCUT2D eigenvalue weighted by atomic mass is 127. The Balaban J connectivity index is -0.00000243. The zero-order valence-electron chi connectivity index (χ0n) is 20.2. The van der Waals surface area contributed by atoms with E-state index in [2.05, 4.69) is 63.4 Å². The third-order valence-electron chi connectivity index (χ3n) is 3.99. The van der Waals surface area contributed by atoms with Crippen LogP contribution in [0.3, 0.4) is 0 Å². The second kappa shape index (κ2) is 15.5. The minimum atomic E-state index is 0. The van der Waals surface area contributed by atoms with Crippen LogP contribution in [0.2, 0.25) is 0 Å². The molecule has 1 aromatic rings. The van der Waals surface area contributed by atoms with Crippen LogP contribution in [0.15, 0.2) is 18.2 Å². The molecule has 1 aromatic carbocycles. The Kier molecular flexibility index (Phi) is 18.2. The summed E-state index contributed by atoms with van der Waals surface area (Å²) in [5.41, 5.74) is 0. The number of hydrogen-bond acceptors (Lipinski definition) is 3. The fourth-order valence-corrected chi connectivity index (χ4v) is 2.15. The van der Waals surface area contributed by atoms with Crippen LogP contribution in [0.1, 0.15) is 0 Å². The maximum atomic E-state index is 6.13. The number of ether oxygens (including phenoxy) is 3. The Hall–Kier alpha value is 0.690. The smallest absolute Gasteiger partial charge is 0.203 e. The molecule has 0 aliphatic rings. The van der Waals surface area contributed by atoms with E-state index in [0.29, 0.717) is 25.6 Å². The molecule has 0 heterocycles. The maximum absolute atomic E-state index is 6.13. The third-order valence-corrected chi connectivity index (χ3v) is 3.99. The molecule has 0 aliphatic heterocycles. The molecule has 180 valence electrons. The largest absolute Gasteiger partial charge is 1.00 e. The number of quaternary nitrogens is 3. The van der Waals surface area contributed by atoms with Crippen molar-refractivity contribution in [2.24, 2.45) is 0 Å². The summed E-state index contributed by atoms with van der Waals surface area (Å²) in [4.78, 5) is 0. The van der Waals surface area contributed by atoms with E-state index < -0.39 is 0 Å². The SMILES string of the molecule is C[N+](C)(C)CCOc1cccc(OCC[N+](C)(C)C)c1OCC[N+](C)(C)C.[I-].[I-].[I-]. The average Bonchev–Trinajstić information content (AvgIpc) is 2.45. The van der Waals surface area contributed by atoms with Crippen molar-refractivity contribution in [3.8, 4) is 17.2 Å². The van der Waals surface area contributed by atoms with Gasteiger partial charge in [-0.3, -0.25) is 0 Å². The van der Waals surface area contributed by atoms with Gasteiger partial charge in [0.05, 0.1) is 63.4 Å². The number of para-hydroxylation sites is 1. The topological polar surface area (TPSA) is 27.7 Å². The molecule has 0 saturated heterocycles. The molecule has 0 N–H and O–H groups in total. The van der Waals surface area contributed by atoms with Gasteiger partial charge in [0, 0.05) is 0 Å². The Labute approximate surface area is 236 Å². The molecule has 6 nitrogen and oxygen atoms in total. The van der Waals surface area contributed by atoms with Gasteiger partial charge in [-0.1, -0.05) is 6.07 Å². The number of halogens is 3. The van der Waals surface area contributed by atoms with Crippen molar-refractivity contribution in [3.63, 3.8) is 0 Å². The van der Waals surface area contributed by atoms with E-state index in [4.69, 9.17) is 14.2 Å². The third kappa shape index (κ3) is 17.3. The lowest BCUT2D eigenvalue weighted by Crippen LogP contribution is -3.00. The Morgan fingerprint density at radius 3 is 1.13 bits per heavy atom. The van der Waals surface area contributed by atoms with Crippen molar-refractivity contribution < 1.29 is 99.6 Å². The Morgan fingerprint density at radius 1 is 0.533 bits per heavy atom. The van der Waals surface area contributed by atoms with E-state index in [9.17, 15) is 0 Å². The van der Waals surface area contributed by atoms with Crippen LogP contribution < -0.4 is 86.1 Å². The van der Waals surface area contributed by atoms with Gasteiger partial charge in [-0.2, -0.15) is 0 Å². The van der Waals surface area contributed by atoms with Crippen LogP contribution in [0.25, 0.3) is 0 Å². The van der Waals surface area contributed by atoms with Gasteiger partial charge in [-0.25, -0.2) is 0 Å². The summed E-state index contributed by atoms with van der Waals surface area (Å²) in [7, 11) is 19.4. The van der Waals surface area contributed by atoms with Crippen molar-refractivity contribution in [3.05, 3.63) is 18.2 Å². The first-order chi connectivity index (χ1) is 12.3. The van der Waals surface area contributed by atoms with E-state index in [-0.39, 0.29) is 71.9 Å². The van der Waals surface area contributed by atoms with Crippen LogP contribution in [-0.4, -0.2) is 116 Å². The molecular weight excluding hydrogens is 723 g/mol. The van der Waals surface area contributed by atoms with Gasteiger partial charge in [0.1, 0.15) is 39.5 Å². The van der Waals surface area contributed by atoms with Crippen molar-refractivity contribution in [2.75, 3.05) is 103 Å². The van der Waals surface area contributed by atoms with E-state index in [1.807, 2.05) is 18.2 Å². The lowest BCUT2D eigenvalue weighted by atomic mass is 10.3. The highest BCUT2D eigenvalue weighted by Crippen LogP contribution is 2.37. The van der Waals surface area contributed by atoms with Crippen LogP contribution in [0.4, 0.5) is 0 Å². The highest BCUT2D eigenvalue weighted by molar-refractivity contribution is 5.51. The monoisotopic (exact) mass is 765 g/mol. The lowest BCUT2D eigenvalue weighted by Gasteiger charge is -2.26. The van der Waals surface area contributed by atoms with Crippen LogP contribution in [-0.2, 0) is 0 Å². The van der Waals surface area contributed by atoms with Gasteiger partial charge in [0.25, 0.3) is 0 Å². The molecule has 1 rings (SSSR count). The lowest BCUT2D eigenvalue weighted by molar-refractivity contribution is -0.870. The molecular formula is C21H42I3N3O3. The van der Waals surface area contributed by atoms with Gasteiger partial charge < -0.3 is 99.6 Å². The summed E-state index contributed by atoms with van der Waals surface area (Å²) in [6, 6.07) is 5.89. The zero-order chi connectivity index (χ0) is 20.7. The second-order valence-corrected chi connectivity index (χ2v) is 10.2. The first-order valence-electron chi connectivity index (χ1n) is 9.70. The second-order valence-electron chi connectivity index (χ2n) is 10.2. The molecule has 0 saturated carbocycles. The molecule has 0 bridgehead atoms. The molecule has 0 spiro atoms. The van der Waals surface area contributed by atoms with Crippen molar-refractivity contribution in [2.45, 2.75) is 0 Å². The maximum Gasteiger partial charge on any atom is 0.203 e. The Morgan fingerprint density at radius 2 is 0.833 bits per heavy atom. The van der Waals surface area contributed by atoms with Crippen LogP contribution in [0, 0.1) is 0 Å². The number of rotatable bonds is 12. The molecule has 9 heteroatoms. The van der Waals surface area contributed by atoms with E-state index in [1.165, 1.54) is 0 Å². The fourth-order valence-electron chi connectivity index (χ4n) is 2.15. The molecule has 30 heavy (non-hydrogen) atoms. The summed E-state index contributed by atoms with van der Waals surface area (Å²) in [6.45, 7) is 4.64. The van der Waals surface area contributed by atoms with E-state index >= 15 is 0 Å². The molecule has 0 aliphatic carbocycles. The molecule has 0 aromatic heterocycles. The van der Waals surface area contributed by atoms with Crippen molar-refractivity contribution >= 4 is 0 Å². The summed E-state index contributed by atoms with van der Waals surface area (Å²) in [6.07, 6.45) is 0. The average molecular weight is 765 g/mol. The Bertz CT molecular complexity index is 545. The molecule has 0 radical (unpaired) electrons. The van der Waals surface area contributed by atoms with E-state index in [1.54, 1.807) is 0 Å². The summed E-state index contributed by atoms with van der Waals surface area (Å²) in [5, 5.41) is 0. The van der Waals surface area contributed by atoms with Crippen molar-refractivity contribution in [1.29, 1.82) is 0 Å².